The van der Waals surface area contributed by atoms with Crippen LogP contribution in [0.4, 0.5) is 5.69 Å². The van der Waals surface area contributed by atoms with Gasteiger partial charge in [-0.15, -0.1) is 0 Å². The number of anilines is 1. The normalized spacial score (nSPS) is 19.7. The molecule has 1 heterocycles. The monoisotopic (exact) mass is 267 g/mol. The van der Waals surface area contributed by atoms with E-state index < -0.39 is 7.59 Å². The zero-order valence-electron chi connectivity index (χ0n) is 11.8. The maximum atomic E-state index is 13.4. The molecule has 5 heteroatoms. The molecule has 0 aromatic heterocycles. The molecule has 1 aliphatic heterocycles. The SMILES string of the molecule is C[C@H]1Cc2ccccc2N1P(=O)(N(C)C)N(C)C. The molecule has 4 nitrogen and oxygen atoms in total. The van der Waals surface area contributed by atoms with Crippen LogP contribution in [0.5, 0.6) is 0 Å². The van der Waals surface area contributed by atoms with Crippen LogP contribution in [0.1, 0.15) is 12.5 Å². The second-order valence-electron chi connectivity index (χ2n) is 5.23. The van der Waals surface area contributed by atoms with Gasteiger partial charge in [-0.05, 0) is 53.2 Å². The maximum Gasteiger partial charge on any atom is 0.310 e. The molecular weight excluding hydrogens is 245 g/mol. The molecule has 2 rings (SSSR count). The van der Waals surface area contributed by atoms with Crippen molar-refractivity contribution >= 4 is 13.3 Å². The van der Waals surface area contributed by atoms with E-state index in [4.69, 9.17) is 0 Å². The summed E-state index contributed by atoms with van der Waals surface area (Å²) in [5.41, 5.74) is 2.39. The van der Waals surface area contributed by atoms with Crippen molar-refractivity contribution in [1.82, 2.24) is 9.34 Å². The lowest BCUT2D eigenvalue weighted by Gasteiger charge is -2.41. The lowest BCUT2D eigenvalue weighted by Crippen LogP contribution is -2.38. The number of para-hydroxylation sites is 1. The van der Waals surface area contributed by atoms with E-state index in [0.717, 1.165) is 12.1 Å². The lowest BCUT2D eigenvalue weighted by molar-refractivity contribution is 0.438. The molecule has 0 unspecified atom stereocenters. The Hall–Kier alpha value is -0.830. The van der Waals surface area contributed by atoms with Crippen molar-refractivity contribution in [3.8, 4) is 0 Å². The van der Waals surface area contributed by atoms with Crippen molar-refractivity contribution in [3.05, 3.63) is 29.8 Å². The largest absolute Gasteiger partial charge is 0.310 e. The highest BCUT2D eigenvalue weighted by atomic mass is 31.2. The molecule has 0 fully saturated rings. The number of fused-ring (bicyclic) bond motifs is 1. The van der Waals surface area contributed by atoms with E-state index in [2.05, 4.69) is 23.7 Å². The molecule has 100 valence electrons. The number of nitrogens with zero attached hydrogens (tertiary/aromatic N) is 3. The van der Waals surface area contributed by atoms with Crippen LogP contribution in [0.2, 0.25) is 0 Å². The van der Waals surface area contributed by atoms with Crippen molar-refractivity contribution in [3.63, 3.8) is 0 Å². The van der Waals surface area contributed by atoms with Crippen LogP contribution in [-0.4, -0.2) is 43.6 Å². The predicted octanol–water partition coefficient (Wildman–Crippen LogP) is 2.67. The minimum atomic E-state index is -2.70. The summed E-state index contributed by atoms with van der Waals surface area (Å²) < 4.78 is 19.1. The van der Waals surface area contributed by atoms with E-state index in [-0.39, 0.29) is 6.04 Å². The van der Waals surface area contributed by atoms with Gasteiger partial charge in [-0.1, -0.05) is 18.2 Å². The van der Waals surface area contributed by atoms with E-state index in [1.165, 1.54) is 5.56 Å². The number of hydrogen-bond donors (Lipinski definition) is 0. The molecule has 1 aromatic rings. The van der Waals surface area contributed by atoms with Crippen LogP contribution in [0.15, 0.2) is 24.3 Å². The van der Waals surface area contributed by atoms with Crippen molar-refractivity contribution in [2.24, 2.45) is 0 Å². The van der Waals surface area contributed by atoms with Crippen molar-refractivity contribution in [2.45, 2.75) is 19.4 Å². The van der Waals surface area contributed by atoms with Crippen LogP contribution < -0.4 is 4.67 Å². The summed E-state index contributed by atoms with van der Waals surface area (Å²) >= 11 is 0. The molecular formula is C13H22N3OP. The standard InChI is InChI=1S/C13H22N3OP/c1-11-10-12-8-6-7-9-13(12)16(11)18(17,14(2)3)15(4)5/h6-9,11H,10H2,1-5H3/t11-/m0/s1. The van der Waals surface area contributed by atoms with Crippen LogP contribution in [0.3, 0.4) is 0 Å². The second-order valence-corrected chi connectivity index (χ2v) is 8.29. The first kappa shape index (κ1) is 13.6. The predicted molar refractivity (Wildman–Crippen MR) is 77.1 cm³/mol. The van der Waals surface area contributed by atoms with Crippen molar-refractivity contribution in [1.29, 1.82) is 0 Å². The zero-order valence-corrected chi connectivity index (χ0v) is 12.7. The summed E-state index contributed by atoms with van der Waals surface area (Å²) in [7, 11) is 4.83. The summed E-state index contributed by atoms with van der Waals surface area (Å²) in [6, 6.07) is 8.52. The number of rotatable bonds is 3. The molecule has 0 saturated carbocycles. The molecule has 0 aliphatic carbocycles. The highest BCUT2D eigenvalue weighted by molar-refractivity contribution is 7.60. The number of hydrogen-bond acceptors (Lipinski definition) is 1. The van der Waals surface area contributed by atoms with E-state index in [9.17, 15) is 4.57 Å². The van der Waals surface area contributed by atoms with E-state index in [1.807, 2.05) is 49.7 Å². The lowest BCUT2D eigenvalue weighted by atomic mass is 10.1. The van der Waals surface area contributed by atoms with Crippen LogP contribution in [0, 0.1) is 0 Å². The summed E-state index contributed by atoms with van der Waals surface area (Å²) in [5, 5.41) is 0. The highest BCUT2D eigenvalue weighted by Crippen LogP contribution is 2.59. The van der Waals surface area contributed by atoms with E-state index >= 15 is 0 Å². The summed E-state index contributed by atoms with van der Waals surface area (Å²) in [4.78, 5) is 0. The fourth-order valence-electron chi connectivity index (χ4n) is 2.69. The summed E-state index contributed by atoms with van der Waals surface area (Å²) in [5.74, 6) is 0. The zero-order chi connectivity index (χ0) is 13.5. The van der Waals surface area contributed by atoms with Crippen LogP contribution >= 0.6 is 7.59 Å². The Morgan fingerprint density at radius 1 is 1.17 bits per heavy atom. The Morgan fingerprint density at radius 3 is 2.28 bits per heavy atom. The summed E-state index contributed by atoms with van der Waals surface area (Å²) in [6.45, 7) is 2.14. The Labute approximate surface area is 110 Å². The van der Waals surface area contributed by atoms with Gasteiger partial charge in [0.2, 0.25) is 0 Å². The Bertz CT molecular complexity index is 475. The number of benzene rings is 1. The maximum absolute atomic E-state index is 13.4. The van der Waals surface area contributed by atoms with Crippen molar-refractivity contribution < 1.29 is 4.57 Å². The third-order valence-electron chi connectivity index (χ3n) is 3.49. The van der Waals surface area contributed by atoms with E-state index in [0.29, 0.717) is 0 Å². The minimum Gasteiger partial charge on any atom is -0.296 e. The molecule has 0 amide bonds. The van der Waals surface area contributed by atoms with Crippen molar-refractivity contribution in [2.75, 3.05) is 32.9 Å². The van der Waals surface area contributed by atoms with Gasteiger partial charge in [0.05, 0.1) is 0 Å². The topological polar surface area (TPSA) is 26.8 Å². The van der Waals surface area contributed by atoms with Gasteiger partial charge in [-0.25, -0.2) is 9.34 Å². The smallest absolute Gasteiger partial charge is 0.296 e. The molecule has 0 bridgehead atoms. The van der Waals surface area contributed by atoms with Gasteiger partial charge in [-0.3, -0.25) is 9.24 Å². The highest BCUT2D eigenvalue weighted by Gasteiger charge is 2.42. The molecule has 18 heavy (non-hydrogen) atoms. The van der Waals surface area contributed by atoms with Crippen LogP contribution in [-0.2, 0) is 11.0 Å². The summed E-state index contributed by atoms with van der Waals surface area (Å²) in [6.07, 6.45) is 0.960. The quantitative estimate of drug-likeness (QED) is 0.787. The first-order valence-electron chi connectivity index (χ1n) is 6.22. The second kappa shape index (κ2) is 4.69. The Balaban J connectivity index is 2.53. The first-order valence-corrected chi connectivity index (χ1v) is 7.78. The molecule has 0 radical (unpaired) electrons. The van der Waals surface area contributed by atoms with Gasteiger partial charge in [0.25, 0.3) is 0 Å². The first-order chi connectivity index (χ1) is 8.39. The van der Waals surface area contributed by atoms with Gasteiger partial charge in [-0.2, -0.15) is 0 Å². The third-order valence-corrected chi connectivity index (χ3v) is 6.75. The van der Waals surface area contributed by atoms with Gasteiger partial charge >= 0.3 is 7.59 Å². The Kier molecular flexibility index (Phi) is 3.54. The molecule has 0 spiro atoms. The fourth-order valence-corrected chi connectivity index (χ4v) is 5.25. The average Bonchev–Trinajstić information content (AvgIpc) is 2.63. The Morgan fingerprint density at radius 2 is 1.72 bits per heavy atom. The molecule has 1 aromatic carbocycles. The fraction of sp³-hybridized carbons (Fsp3) is 0.538. The average molecular weight is 267 g/mol. The van der Waals surface area contributed by atoms with E-state index in [1.54, 1.807) is 0 Å². The minimum absolute atomic E-state index is 0.262. The molecule has 0 N–H and O–H groups in total. The van der Waals surface area contributed by atoms with Gasteiger partial charge < -0.3 is 0 Å². The molecule has 1 aliphatic rings. The van der Waals surface area contributed by atoms with Gasteiger partial charge in [0.15, 0.2) is 0 Å². The van der Waals surface area contributed by atoms with Crippen LogP contribution in [0.25, 0.3) is 0 Å². The van der Waals surface area contributed by atoms with Gasteiger partial charge in [0.1, 0.15) is 0 Å². The molecule has 1 atom stereocenters. The third kappa shape index (κ3) is 1.89. The van der Waals surface area contributed by atoms with Gasteiger partial charge in [0, 0.05) is 11.7 Å². The molecule has 0 saturated heterocycles.